The lowest BCUT2D eigenvalue weighted by Gasteiger charge is -2.16. The summed E-state index contributed by atoms with van der Waals surface area (Å²) in [5.74, 6) is 0. The van der Waals surface area contributed by atoms with Gasteiger partial charge in [-0.05, 0) is 37.1 Å². The first kappa shape index (κ1) is 18.3. The molecule has 1 aliphatic carbocycles. The maximum absolute atomic E-state index is 5.03. The van der Waals surface area contributed by atoms with Crippen LogP contribution >= 0.6 is 27.3 Å². The zero-order valence-corrected chi connectivity index (χ0v) is 17.4. The third-order valence-corrected chi connectivity index (χ3v) is 6.05. The van der Waals surface area contributed by atoms with Gasteiger partial charge in [0.25, 0.3) is 0 Å². The molecule has 1 saturated carbocycles. The van der Waals surface area contributed by atoms with E-state index in [1.54, 1.807) is 23.7 Å². The van der Waals surface area contributed by atoms with Gasteiger partial charge in [-0.2, -0.15) is 5.10 Å². The maximum Gasteiger partial charge on any atom is 0.206 e. The molecular weight excluding hydrogens is 420 g/mol. The van der Waals surface area contributed by atoms with Crippen molar-refractivity contribution in [2.24, 2.45) is 10.1 Å². The van der Waals surface area contributed by atoms with Gasteiger partial charge < -0.3 is 0 Å². The summed E-state index contributed by atoms with van der Waals surface area (Å²) in [6.07, 6.45) is 9.81. The first-order valence-corrected chi connectivity index (χ1v) is 10.9. The Labute approximate surface area is 171 Å². The van der Waals surface area contributed by atoms with E-state index < -0.39 is 0 Å². The summed E-state index contributed by atoms with van der Waals surface area (Å²) < 4.78 is 3.02. The minimum atomic E-state index is 0.409. The van der Waals surface area contributed by atoms with Crippen LogP contribution in [0.1, 0.15) is 37.8 Å². The van der Waals surface area contributed by atoms with Crippen LogP contribution in [0, 0.1) is 0 Å². The van der Waals surface area contributed by atoms with Gasteiger partial charge in [0, 0.05) is 21.6 Å². The standard InChI is InChI=1S/C21H21BrN4S/c22-17-11-9-16(10-12-17)20-15-27-21(25-18-6-2-1-3-7-18)26(20)24-14-19-8-4-5-13-23-19/h4-5,8-15,18H,1-3,6-7H2. The van der Waals surface area contributed by atoms with Crippen LogP contribution in [0.5, 0.6) is 0 Å². The van der Waals surface area contributed by atoms with Gasteiger partial charge in [0.15, 0.2) is 0 Å². The van der Waals surface area contributed by atoms with E-state index in [1.165, 1.54) is 32.1 Å². The Kier molecular flexibility index (Phi) is 5.94. The highest BCUT2D eigenvalue weighted by Crippen LogP contribution is 2.24. The Morgan fingerprint density at radius 1 is 1.07 bits per heavy atom. The summed E-state index contributed by atoms with van der Waals surface area (Å²) in [4.78, 5) is 10.3. The van der Waals surface area contributed by atoms with E-state index in [0.29, 0.717) is 6.04 Å². The number of halogens is 1. The highest BCUT2D eigenvalue weighted by atomic mass is 79.9. The number of hydrogen-bond donors (Lipinski definition) is 0. The summed E-state index contributed by atoms with van der Waals surface area (Å²) >= 11 is 5.16. The highest BCUT2D eigenvalue weighted by Gasteiger charge is 2.14. The predicted octanol–water partition coefficient (Wildman–Crippen LogP) is 5.49. The monoisotopic (exact) mass is 440 g/mol. The average Bonchev–Trinajstić information content (AvgIpc) is 3.11. The van der Waals surface area contributed by atoms with Crippen LogP contribution < -0.4 is 4.80 Å². The molecule has 0 unspecified atom stereocenters. The molecule has 138 valence electrons. The Balaban J connectivity index is 1.76. The van der Waals surface area contributed by atoms with E-state index in [1.807, 2.05) is 22.9 Å². The molecule has 6 heteroatoms. The second kappa shape index (κ2) is 8.76. The fourth-order valence-electron chi connectivity index (χ4n) is 3.25. The molecular formula is C21H21BrN4S. The quantitative estimate of drug-likeness (QED) is 0.494. The molecule has 0 radical (unpaired) electrons. The molecule has 0 spiro atoms. The van der Waals surface area contributed by atoms with E-state index in [4.69, 9.17) is 10.1 Å². The molecule has 4 rings (SSSR count). The van der Waals surface area contributed by atoms with Gasteiger partial charge >= 0.3 is 0 Å². The Bertz CT molecular complexity index is 967. The molecule has 3 aromatic rings. The van der Waals surface area contributed by atoms with Crippen molar-refractivity contribution in [2.45, 2.75) is 38.1 Å². The lowest BCUT2D eigenvalue weighted by atomic mass is 9.96. The summed E-state index contributed by atoms with van der Waals surface area (Å²) in [7, 11) is 0. The van der Waals surface area contributed by atoms with Gasteiger partial charge in [0.1, 0.15) is 0 Å². The van der Waals surface area contributed by atoms with Crippen LogP contribution in [0.3, 0.4) is 0 Å². The van der Waals surface area contributed by atoms with Crippen LogP contribution in [-0.2, 0) is 0 Å². The van der Waals surface area contributed by atoms with Crippen LogP contribution in [0.4, 0.5) is 0 Å². The molecule has 0 saturated heterocycles. The molecule has 0 aliphatic heterocycles. The Hall–Kier alpha value is -2.05. The van der Waals surface area contributed by atoms with Gasteiger partial charge in [-0.1, -0.05) is 53.4 Å². The lowest BCUT2D eigenvalue weighted by molar-refractivity contribution is 0.435. The van der Waals surface area contributed by atoms with Gasteiger partial charge in [-0.25, -0.2) is 4.68 Å². The van der Waals surface area contributed by atoms with Crippen molar-refractivity contribution in [1.29, 1.82) is 0 Å². The molecule has 1 aromatic carbocycles. The van der Waals surface area contributed by atoms with Crippen LogP contribution in [0.2, 0.25) is 0 Å². The molecule has 4 nitrogen and oxygen atoms in total. The van der Waals surface area contributed by atoms with Crippen LogP contribution in [0.15, 0.2) is 68.6 Å². The zero-order chi connectivity index (χ0) is 18.5. The van der Waals surface area contributed by atoms with Gasteiger partial charge in [-0.15, -0.1) is 11.3 Å². The summed E-state index contributed by atoms with van der Waals surface area (Å²) in [5, 5.41) is 6.87. The summed E-state index contributed by atoms with van der Waals surface area (Å²) in [6, 6.07) is 14.5. The fourth-order valence-corrected chi connectivity index (χ4v) is 4.43. The third-order valence-electron chi connectivity index (χ3n) is 4.69. The molecule has 27 heavy (non-hydrogen) atoms. The van der Waals surface area contributed by atoms with Crippen molar-refractivity contribution in [3.05, 3.63) is 69.0 Å². The molecule has 2 heterocycles. The molecule has 2 aromatic heterocycles. The topological polar surface area (TPSA) is 42.5 Å². The van der Waals surface area contributed by atoms with E-state index in [9.17, 15) is 0 Å². The molecule has 0 amide bonds. The molecule has 0 N–H and O–H groups in total. The largest absolute Gasteiger partial charge is 0.255 e. The molecule has 0 bridgehead atoms. The Morgan fingerprint density at radius 2 is 1.89 bits per heavy atom. The summed E-state index contributed by atoms with van der Waals surface area (Å²) in [6.45, 7) is 0. The predicted molar refractivity (Wildman–Crippen MR) is 115 cm³/mol. The van der Waals surface area contributed by atoms with Crippen molar-refractivity contribution in [2.75, 3.05) is 0 Å². The van der Waals surface area contributed by atoms with Gasteiger partial charge in [-0.3, -0.25) is 9.98 Å². The lowest BCUT2D eigenvalue weighted by Crippen LogP contribution is -2.19. The second-order valence-electron chi connectivity index (χ2n) is 6.64. The zero-order valence-electron chi connectivity index (χ0n) is 15.0. The van der Waals surface area contributed by atoms with E-state index >= 15 is 0 Å². The molecule has 1 fully saturated rings. The van der Waals surface area contributed by atoms with Crippen molar-refractivity contribution >= 4 is 33.5 Å². The second-order valence-corrected chi connectivity index (χ2v) is 8.39. The first-order chi connectivity index (χ1) is 13.3. The first-order valence-electron chi connectivity index (χ1n) is 9.25. The van der Waals surface area contributed by atoms with Crippen molar-refractivity contribution in [3.63, 3.8) is 0 Å². The maximum atomic E-state index is 5.03. The minimum Gasteiger partial charge on any atom is -0.255 e. The number of hydrogen-bond acceptors (Lipinski definition) is 4. The minimum absolute atomic E-state index is 0.409. The number of thiazole rings is 1. The van der Waals surface area contributed by atoms with E-state index in [0.717, 1.165) is 26.2 Å². The van der Waals surface area contributed by atoms with Crippen LogP contribution in [0.25, 0.3) is 11.3 Å². The smallest absolute Gasteiger partial charge is 0.206 e. The molecule has 0 atom stereocenters. The third kappa shape index (κ3) is 4.62. The highest BCUT2D eigenvalue weighted by molar-refractivity contribution is 9.10. The average molecular weight is 441 g/mol. The van der Waals surface area contributed by atoms with Gasteiger partial charge in [0.2, 0.25) is 4.80 Å². The van der Waals surface area contributed by atoms with Crippen molar-refractivity contribution in [1.82, 2.24) is 9.66 Å². The number of pyridine rings is 1. The van der Waals surface area contributed by atoms with Crippen LogP contribution in [-0.4, -0.2) is 21.9 Å². The number of nitrogens with zero attached hydrogens (tertiary/aromatic N) is 4. The SMILES string of the molecule is Brc1ccc(-c2csc(=NC3CCCCC3)n2N=Cc2ccccn2)cc1. The van der Waals surface area contributed by atoms with Gasteiger partial charge in [0.05, 0.1) is 23.6 Å². The fraction of sp³-hybridized carbons (Fsp3) is 0.286. The molecule has 1 aliphatic rings. The van der Waals surface area contributed by atoms with Crippen molar-refractivity contribution < 1.29 is 0 Å². The van der Waals surface area contributed by atoms with Crippen molar-refractivity contribution in [3.8, 4) is 11.3 Å². The number of benzene rings is 1. The number of aromatic nitrogens is 2. The number of rotatable bonds is 4. The summed E-state index contributed by atoms with van der Waals surface area (Å²) in [5.41, 5.74) is 3.01. The Morgan fingerprint density at radius 3 is 2.63 bits per heavy atom. The van der Waals surface area contributed by atoms with E-state index in [-0.39, 0.29) is 0 Å². The normalized spacial score (nSPS) is 16.3. The van der Waals surface area contributed by atoms with E-state index in [2.05, 4.69) is 50.6 Å².